The molecule has 0 aliphatic carbocycles. The van der Waals surface area contributed by atoms with Crippen molar-refractivity contribution in [2.75, 3.05) is 26.9 Å². The van der Waals surface area contributed by atoms with Crippen LogP contribution in [0.2, 0.25) is 0 Å². The third kappa shape index (κ3) is 6.15. The lowest BCUT2D eigenvalue weighted by Gasteiger charge is -2.48. The van der Waals surface area contributed by atoms with Crippen molar-refractivity contribution in [3.63, 3.8) is 0 Å². The van der Waals surface area contributed by atoms with Crippen LogP contribution in [-0.4, -0.2) is 170 Å². The van der Waals surface area contributed by atoms with Gasteiger partial charge in [0.05, 0.1) is 19.8 Å². The van der Waals surface area contributed by atoms with E-state index in [0.717, 1.165) is 0 Å². The summed E-state index contributed by atoms with van der Waals surface area (Å²) >= 11 is 0. The first-order chi connectivity index (χ1) is 16.6. The van der Waals surface area contributed by atoms with E-state index in [4.69, 9.17) is 28.4 Å². The largest absolute Gasteiger partial charge is 0.394 e. The van der Waals surface area contributed by atoms with Crippen LogP contribution in [0.5, 0.6) is 0 Å². The van der Waals surface area contributed by atoms with Crippen LogP contribution >= 0.6 is 0 Å². The van der Waals surface area contributed by atoms with Gasteiger partial charge in [-0.1, -0.05) is 7.43 Å². The Morgan fingerprint density at radius 3 is 1.28 bits per heavy atom. The molecule has 3 heterocycles. The van der Waals surface area contributed by atoms with E-state index in [9.17, 15) is 51.1 Å². The Labute approximate surface area is 206 Å². The fourth-order valence-corrected chi connectivity index (χ4v) is 4.24. The fourth-order valence-electron chi connectivity index (χ4n) is 4.24. The van der Waals surface area contributed by atoms with Gasteiger partial charge in [0.1, 0.15) is 73.2 Å². The Hall–Kier alpha value is -0.640. The summed E-state index contributed by atoms with van der Waals surface area (Å²) in [6.45, 7) is -2.21. The quantitative estimate of drug-likeness (QED) is 0.139. The van der Waals surface area contributed by atoms with Crippen molar-refractivity contribution in [3.05, 3.63) is 0 Å². The molecule has 0 aromatic carbocycles. The minimum Gasteiger partial charge on any atom is -0.394 e. The van der Waals surface area contributed by atoms with Crippen LogP contribution < -0.4 is 0 Å². The standard InChI is InChI=1S/C19H34O16.CH4/c1-30-17-13(28)10(25)15(6(3-21)32-17)35-19-14(29)11(26)16(7(4-22)33-19)34-18-12(27)9(24)8(23)5(2-20)31-18;/h5-29H,2-4H2,1H3;1H4/t5?,6?,7?,8-,9?,10?,11?,12-,13-,14-,15+,16-,17+,18+,19-;/m0./s1. The van der Waals surface area contributed by atoms with Crippen LogP contribution in [0.25, 0.3) is 0 Å². The maximum Gasteiger partial charge on any atom is 0.187 e. The highest BCUT2D eigenvalue weighted by atomic mass is 16.8. The van der Waals surface area contributed by atoms with Crippen molar-refractivity contribution in [2.45, 2.75) is 99.5 Å². The Balaban J connectivity index is 0.00000456. The summed E-state index contributed by atoms with van der Waals surface area (Å²) in [5.74, 6) is 0. The average molecular weight is 535 g/mol. The first-order valence-corrected chi connectivity index (χ1v) is 11.0. The molecular formula is C20H38O16. The lowest BCUT2D eigenvalue weighted by Crippen LogP contribution is -2.66. The molecule has 3 fully saturated rings. The predicted molar refractivity (Wildman–Crippen MR) is 113 cm³/mol. The van der Waals surface area contributed by atoms with Gasteiger partial charge in [-0.05, 0) is 0 Å². The van der Waals surface area contributed by atoms with Crippen molar-refractivity contribution < 1.29 is 79.5 Å². The van der Waals surface area contributed by atoms with E-state index in [1.807, 2.05) is 0 Å². The van der Waals surface area contributed by atoms with Crippen molar-refractivity contribution >= 4 is 0 Å². The van der Waals surface area contributed by atoms with Gasteiger partial charge < -0.3 is 79.5 Å². The summed E-state index contributed by atoms with van der Waals surface area (Å²) in [6.07, 6.45) is -23.8. The molecule has 0 aromatic heterocycles. The van der Waals surface area contributed by atoms with Gasteiger partial charge in [-0.25, -0.2) is 0 Å². The molecule has 0 aromatic rings. The van der Waals surface area contributed by atoms with Crippen LogP contribution in [0.4, 0.5) is 0 Å². The molecule has 214 valence electrons. The summed E-state index contributed by atoms with van der Waals surface area (Å²) in [6, 6.07) is 0. The Kier molecular flexibility index (Phi) is 11.8. The van der Waals surface area contributed by atoms with Crippen molar-refractivity contribution in [2.24, 2.45) is 0 Å². The zero-order valence-electron chi connectivity index (χ0n) is 18.7. The fraction of sp³-hybridized carbons (Fsp3) is 1.00. The first kappa shape index (κ1) is 31.6. The molecule has 10 N–H and O–H groups in total. The van der Waals surface area contributed by atoms with Crippen LogP contribution in [0.15, 0.2) is 0 Å². The van der Waals surface area contributed by atoms with Gasteiger partial charge in [-0.15, -0.1) is 0 Å². The molecule has 0 bridgehead atoms. The molecule has 3 aliphatic rings. The number of ether oxygens (including phenoxy) is 6. The summed E-state index contributed by atoms with van der Waals surface area (Å²) in [5.41, 5.74) is 0. The minimum absolute atomic E-state index is 0. The number of hydrogen-bond donors (Lipinski definition) is 10. The first-order valence-electron chi connectivity index (χ1n) is 11.0. The van der Waals surface area contributed by atoms with Crippen LogP contribution in [0.3, 0.4) is 0 Å². The van der Waals surface area contributed by atoms with E-state index >= 15 is 0 Å². The summed E-state index contributed by atoms with van der Waals surface area (Å²) in [7, 11) is 1.21. The molecule has 36 heavy (non-hydrogen) atoms. The van der Waals surface area contributed by atoms with Gasteiger partial charge in [-0.3, -0.25) is 0 Å². The van der Waals surface area contributed by atoms with Crippen molar-refractivity contribution in [3.8, 4) is 0 Å². The summed E-state index contributed by atoms with van der Waals surface area (Å²) < 4.78 is 31.9. The topological polar surface area (TPSA) is 258 Å². The molecule has 0 saturated carbocycles. The molecule has 6 unspecified atom stereocenters. The Bertz CT molecular complexity index is 651. The molecule has 16 heteroatoms. The predicted octanol–water partition coefficient (Wildman–Crippen LogP) is -6.28. The molecule has 16 nitrogen and oxygen atoms in total. The molecule has 0 radical (unpaired) electrons. The van der Waals surface area contributed by atoms with E-state index < -0.39 is 112 Å². The zero-order chi connectivity index (χ0) is 26.0. The second kappa shape index (κ2) is 13.4. The SMILES string of the molecule is C.CO[C@@H]1OC(CO)[C@@H](O[C@@H]2OC(CO)[C@H](O[C@H]3OC(CO)[C@H](O)C(O)[C@@H]3O)C(O)[C@@H]2O)C(O)[C@@H]1O. The van der Waals surface area contributed by atoms with Gasteiger partial charge in [-0.2, -0.15) is 0 Å². The molecule has 3 rings (SSSR count). The molecule has 0 spiro atoms. The van der Waals surface area contributed by atoms with Crippen LogP contribution in [0, 0.1) is 0 Å². The van der Waals surface area contributed by atoms with Crippen molar-refractivity contribution in [1.29, 1.82) is 0 Å². The molecule has 0 amide bonds. The molecule has 15 atom stereocenters. The highest BCUT2D eigenvalue weighted by Crippen LogP contribution is 2.32. The van der Waals surface area contributed by atoms with E-state index in [0.29, 0.717) is 0 Å². The lowest BCUT2D eigenvalue weighted by molar-refractivity contribution is -0.378. The third-order valence-corrected chi connectivity index (χ3v) is 6.30. The number of rotatable bonds is 8. The Morgan fingerprint density at radius 1 is 0.500 bits per heavy atom. The lowest BCUT2D eigenvalue weighted by atomic mass is 9.96. The van der Waals surface area contributed by atoms with Crippen LogP contribution in [0.1, 0.15) is 7.43 Å². The number of aliphatic hydroxyl groups excluding tert-OH is 10. The number of aliphatic hydroxyl groups is 10. The van der Waals surface area contributed by atoms with Gasteiger partial charge in [0.15, 0.2) is 18.9 Å². The third-order valence-electron chi connectivity index (χ3n) is 6.30. The van der Waals surface area contributed by atoms with E-state index in [1.165, 1.54) is 7.11 Å². The number of methoxy groups -OCH3 is 1. The minimum atomic E-state index is -1.88. The second-order valence-electron chi connectivity index (χ2n) is 8.55. The summed E-state index contributed by atoms with van der Waals surface area (Å²) in [4.78, 5) is 0. The molecule has 3 saturated heterocycles. The van der Waals surface area contributed by atoms with Crippen LogP contribution in [-0.2, 0) is 28.4 Å². The Morgan fingerprint density at radius 2 is 0.861 bits per heavy atom. The zero-order valence-corrected chi connectivity index (χ0v) is 18.7. The van der Waals surface area contributed by atoms with E-state index in [1.54, 1.807) is 0 Å². The highest BCUT2D eigenvalue weighted by Gasteiger charge is 2.53. The van der Waals surface area contributed by atoms with Crippen molar-refractivity contribution in [1.82, 2.24) is 0 Å². The smallest absolute Gasteiger partial charge is 0.187 e. The molecular weight excluding hydrogens is 496 g/mol. The van der Waals surface area contributed by atoms with Gasteiger partial charge in [0, 0.05) is 7.11 Å². The maximum absolute atomic E-state index is 10.7. The number of hydrogen-bond acceptors (Lipinski definition) is 16. The van der Waals surface area contributed by atoms with E-state index in [-0.39, 0.29) is 7.43 Å². The van der Waals surface area contributed by atoms with Gasteiger partial charge in [0.2, 0.25) is 0 Å². The normalized spacial score (nSPS) is 49.9. The monoisotopic (exact) mass is 534 g/mol. The van der Waals surface area contributed by atoms with Gasteiger partial charge >= 0.3 is 0 Å². The second-order valence-corrected chi connectivity index (χ2v) is 8.55. The highest BCUT2D eigenvalue weighted by molar-refractivity contribution is 4.96. The van der Waals surface area contributed by atoms with Gasteiger partial charge in [0.25, 0.3) is 0 Å². The van der Waals surface area contributed by atoms with E-state index in [2.05, 4.69) is 0 Å². The summed E-state index contributed by atoms with van der Waals surface area (Å²) in [5, 5.41) is 100. The maximum atomic E-state index is 10.7. The average Bonchev–Trinajstić information content (AvgIpc) is 2.86. The molecule has 3 aliphatic heterocycles.